The largest absolute Gasteiger partial charge is 0.488 e. The van der Waals surface area contributed by atoms with Gasteiger partial charge in [-0.3, -0.25) is 0 Å². The molecule has 1 aliphatic rings. The molecule has 2 aromatic carbocycles. The number of nitrogens with zero attached hydrogens (tertiary/aromatic N) is 3. The summed E-state index contributed by atoms with van der Waals surface area (Å²) in [6.45, 7) is -0.229. The molecule has 3 aromatic rings. The zero-order valence-corrected chi connectivity index (χ0v) is 23.8. The van der Waals surface area contributed by atoms with E-state index in [0.717, 1.165) is 10.4 Å². The highest BCUT2D eigenvalue weighted by atomic mass is 35.5. The van der Waals surface area contributed by atoms with Gasteiger partial charge in [0.1, 0.15) is 17.3 Å². The average Bonchev–Trinajstić information content (AvgIpc) is 2.97. The van der Waals surface area contributed by atoms with E-state index < -0.39 is 69.1 Å². The van der Waals surface area contributed by atoms with Gasteiger partial charge in [0.05, 0.1) is 11.3 Å². The summed E-state index contributed by atoms with van der Waals surface area (Å²) in [7, 11) is -3.38. The van der Waals surface area contributed by atoms with Crippen LogP contribution < -0.4 is 9.64 Å². The number of aromatic nitrogens is 1. The molecule has 0 bridgehead atoms. The maximum Gasteiger partial charge on any atom is 0.420 e. The smallest absolute Gasteiger partial charge is 0.420 e. The van der Waals surface area contributed by atoms with Gasteiger partial charge in [-0.1, -0.05) is 23.7 Å². The van der Waals surface area contributed by atoms with Crippen LogP contribution in [0.3, 0.4) is 0 Å². The summed E-state index contributed by atoms with van der Waals surface area (Å²) in [5, 5.41) is 9.58. The number of anilines is 2. The van der Waals surface area contributed by atoms with Gasteiger partial charge < -0.3 is 14.7 Å². The van der Waals surface area contributed by atoms with Crippen molar-refractivity contribution in [1.82, 2.24) is 9.29 Å². The van der Waals surface area contributed by atoms with Crippen LogP contribution in [-0.4, -0.2) is 54.3 Å². The summed E-state index contributed by atoms with van der Waals surface area (Å²) in [6, 6.07) is 8.91. The zero-order chi connectivity index (χ0) is 31.0. The highest BCUT2D eigenvalue weighted by molar-refractivity contribution is 7.89. The second kappa shape index (κ2) is 11.7. The Balaban J connectivity index is 1.90. The molecule has 0 saturated heterocycles. The lowest BCUT2D eigenvalue weighted by Gasteiger charge is -2.30. The Morgan fingerprint density at radius 2 is 1.86 bits per heavy atom. The monoisotopic (exact) mass is 633 g/mol. The first kappa shape index (κ1) is 31.4. The highest BCUT2D eigenvalue weighted by Gasteiger charge is 2.42. The van der Waals surface area contributed by atoms with Crippen LogP contribution >= 0.6 is 11.6 Å². The van der Waals surface area contributed by atoms with Crippen LogP contribution in [0.5, 0.6) is 5.75 Å². The first-order valence-corrected chi connectivity index (χ1v) is 14.2. The Hall–Kier alpha value is -3.49. The van der Waals surface area contributed by atoms with Crippen LogP contribution in [0.25, 0.3) is 0 Å². The lowest BCUT2D eigenvalue weighted by Crippen LogP contribution is -2.41. The Kier molecular flexibility index (Phi) is 8.72. The molecule has 0 unspecified atom stereocenters. The lowest BCUT2D eigenvalue weighted by molar-refractivity contribution is -0.139. The number of fused-ring (bicyclic) bond motifs is 1. The SMILES string of the molecule is CN1[C@H](CCC(C)(F)F)CN(c2cccc(Cl)c2)c2cc(C(F)(F)F)c(OCc3cccnc3C(=O)O)cc2S1(=O)=O. The average molecular weight is 634 g/mol. The van der Waals surface area contributed by atoms with Crippen molar-refractivity contribution in [2.75, 3.05) is 18.5 Å². The minimum Gasteiger partial charge on any atom is -0.488 e. The minimum atomic E-state index is -5.03. The highest BCUT2D eigenvalue weighted by Crippen LogP contribution is 2.46. The minimum absolute atomic E-state index is 0.0471. The van der Waals surface area contributed by atoms with E-state index in [1.54, 1.807) is 0 Å². The molecule has 1 aromatic heterocycles. The number of alkyl halides is 5. The van der Waals surface area contributed by atoms with Gasteiger partial charge >= 0.3 is 12.1 Å². The van der Waals surface area contributed by atoms with Crippen molar-refractivity contribution in [3.63, 3.8) is 0 Å². The number of likely N-dealkylation sites (N-methyl/N-ethyl adjacent to an activating group) is 1. The van der Waals surface area contributed by atoms with E-state index in [2.05, 4.69) is 4.98 Å². The molecule has 226 valence electrons. The van der Waals surface area contributed by atoms with Gasteiger partial charge in [0.2, 0.25) is 15.9 Å². The number of halogens is 6. The molecule has 1 aliphatic heterocycles. The summed E-state index contributed by atoms with van der Waals surface area (Å²) in [4.78, 5) is 15.9. The number of hydrogen-bond donors (Lipinski definition) is 1. The molecule has 0 spiro atoms. The van der Waals surface area contributed by atoms with Crippen LogP contribution in [0.2, 0.25) is 5.02 Å². The summed E-state index contributed by atoms with van der Waals surface area (Å²) < 4.78 is 105. The van der Waals surface area contributed by atoms with Crippen molar-refractivity contribution in [3.8, 4) is 5.75 Å². The van der Waals surface area contributed by atoms with Crippen molar-refractivity contribution in [1.29, 1.82) is 0 Å². The van der Waals surface area contributed by atoms with Gasteiger partial charge in [0.25, 0.3) is 0 Å². The van der Waals surface area contributed by atoms with Crippen LogP contribution in [0.1, 0.15) is 41.4 Å². The van der Waals surface area contributed by atoms with Crippen LogP contribution in [0.4, 0.5) is 33.3 Å². The number of carboxylic acid groups (broad SMARTS) is 1. The molecule has 8 nitrogen and oxygen atoms in total. The maximum absolute atomic E-state index is 14.4. The van der Waals surface area contributed by atoms with Crippen molar-refractivity contribution in [2.24, 2.45) is 0 Å². The van der Waals surface area contributed by atoms with Gasteiger partial charge in [0.15, 0.2) is 5.69 Å². The molecule has 0 saturated carbocycles. The maximum atomic E-state index is 14.4. The second-order valence-electron chi connectivity index (χ2n) is 9.79. The third-order valence-corrected chi connectivity index (χ3v) is 8.91. The van der Waals surface area contributed by atoms with Crippen LogP contribution in [0, 0.1) is 0 Å². The molecule has 0 fully saturated rings. The number of aromatic carboxylic acids is 1. The van der Waals surface area contributed by atoms with E-state index in [0.29, 0.717) is 13.0 Å². The number of pyridine rings is 1. The number of hydrogen-bond acceptors (Lipinski definition) is 6. The summed E-state index contributed by atoms with van der Waals surface area (Å²) in [5.41, 5.74) is -1.94. The number of rotatable bonds is 8. The first-order chi connectivity index (χ1) is 19.5. The van der Waals surface area contributed by atoms with Gasteiger partial charge in [-0.25, -0.2) is 27.0 Å². The number of carbonyl (C=O) groups is 1. The van der Waals surface area contributed by atoms with E-state index in [4.69, 9.17) is 16.3 Å². The quantitative estimate of drug-likeness (QED) is 0.279. The molecule has 42 heavy (non-hydrogen) atoms. The molecular formula is C27H25ClF5N3O5S. The molecule has 2 heterocycles. The summed E-state index contributed by atoms with van der Waals surface area (Å²) in [6.07, 6.45) is -4.80. The normalized spacial score (nSPS) is 17.4. The Morgan fingerprint density at radius 3 is 2.48 bits per heavy atom. The predicted octanol–water partition coefficient (Wildman–Crippen LogP) is 6.61. The van der Waals surface area contributed by atoms with E-state index in [1.807, 2.05) is 0 Å². The molecule has 4 rings (SSSR count). The van der Waals surface area contributed by atoms with Gasteiger partial charge in [-0.2, -0.15) is 17.5 Å². The third-order valence-electron chi connectivity index (χ3n) is 6.74. The van der Waals surface area contributed by atoms with Crippen LogP contribution in [-0.2, 0) is 22.8 Å². The fourth-order valence-electron chi connectivity index (χ4n) is 4.57. The van der Waals surface area contributed by atoms with Gasteiger partial charge in [-0.05, 0) is 43.7 Å². The molecule has 0 aliphatic carbocycles. The molecule has 0 amide bonds. The Bertz CT molecular complexity index is 1600. The number of benzene rings is 2. The van der Waals surface area contributed by atoms with Crippen molar-refractivity contribution >= 4 is 39.0 Å². The van der Waals surface area contributed by atoms with Gasteiger partial charge in [-0.15, -0.1) is 0 Å². The zero-order valence-electron chi connectivity index (χ0n) is 22.2. The van der Waals surface area contributed by atoms with Crippen molar-refractivity contribution in [2.45, 2.75) is 49.4 Å². The number of carboxylic acids is 1. The second-order valence-corrected chi connectivity index (χ2v) is 12.2. The number of ether oxygens (including phenoxy) is 1. The van der Waals surface area contributed by atoms with Gasteiger partial charge in [0, 0.05) is 54.6 Å². The van der Waals surface area contributed by atoms with E-state index in [-0.39, 0.29) is 34.9 Å². The molecule has 1 atom stereocenters. The fraction of sp³-hybridized carbons (Fsp3) is 0.333. The van der Waals surface area contributed by atoms with Crippen LogP contribution in [0.15, 0.2) is 59.6 Å². The topological polar surface area (TPSA) is 100 Å². The third kappa shape index (κ3) is 6.76. The fourth-order valence-corrected chi connectivity index (χ4v) is 6.32. The predicted molar refractivity (Wildman–Crippen MR) is 144 cm³/mol. The standard InChI is InChI=1S/C27H25ClF5N3O5S/c1-26(29,30)9-8-19-14-36(18-7-3-6-17(28)11-18)21-12-20(27(31,32)33)22(13-23(21)42(39,40)35(19)2)41-15-16-5-4-10-34-24(16)25(37)38/h3-7,10-13,19H,8-9,14-15H2,1-2H3,(H,37,38)/t19-/m1/s1. The first-order valence-electron chi connectivity index (χ1n) is 12.4. The van der Waals surface area contributed by atoms with Crippen molar-refractivity contribution < 1.29 is 45.0 Å². The summed E-state index contributed by atoms with van der Waals surface area (Å²) in [5.74, 6) is -5.42. The number of sulfonamides is 1. The molecule has 15 heteroatoms. The van der Waals surface area contributed by atoms with E-state index >= 15 is 0 Å². The molecule has 0 radical (unpaired) electrons. The lowest BCUT2D eigenvalue weighted by atomic mass is 10.1. The summed E-state index contributed by atoms with van der Waals surface area (Å²) >= 11 is 6.14. The Labute approximate surface area is 243 Å². The van der Waals surface area contributed by atoms with E-state index in [1.165, 1.54) is 54.5 Å². The molecule has 1 N–H and O–H groups in total. The molecular weight excluding hydrogens is 609 g/mol. The van der Waals surface area contributed by atoms with E-state index in [9.17, 15) is 40.3 Å². The van der Waals surface area contributed by atoms with Crippen molar-refractivity contribution in [3.05, 3.63) is 76.6 Å². The Morgan fingerprint density at radius 1 is 1.14 bits per heavy atom.